The Morgan fingerprint density at radius 1 is 0.466 bits per heavy atom. The molecule has 0 fully saturated rings. The normalized spacial score (nSPS) is 14.6. The van der Waals surface area contributed by atoms with Crippen LogP contribution in [0.15, 0.2) is 444 Å². The fourth-order valence-electron chi connectivity index (χ4n) is 18.8. The molecule has 0 amide bonds. The Bertz CT molecular complexity index is 8010. The maximum atomic E-state index is 7.98. The van der Waals surface area contributed by atoms with E-state index in [9.17, 15) is 0 Å². The largest absolute Gasteiger partial charge is 0.527 e. The number of hydrogen-bond acceptors (Lipinski definition) is 5. The first-order chi connectivity index (χ1) is 67.4. The summed E-state index contributed by atoms with van der Waals surface area (Å²) in [5.74, 6) is 6.22. The molecule has 0 spiro atoms. The molecular formula is C118H97IrN11O+2. The minimum Gasteiger partial charge on any atom is -0.527 e. The molecule has 13 heteroatoms. The van der Waals surface area contributed by atoms with Crippen LogP contribution in [0.2, 0.25) is 0 Å². The van der Waals surface area contributed by atoms with E-state index in [0.29, 0.717) is 29.3 Å². The second-order valence-corrected chi connectivity index (χ2v) is 33.4. The molecule has 14 heterocycles. The van der Waals surface area contributed by atoms with E-state index in [-0.39, 0.29) is 74.3 Å². The predicted molar refractivity (Wildman–Crippen MR) is 523 cm³/mol. The Morgan fingerprint density at radius 3 is 1.73 bits per heavy atom. The first kappa shape index (κ1) is 74.5. The number of pyridine rings is 3. The first-order valence-electron chi connectivity index (χ1n) is 48.2. The van der Waals surface area contributed by atoms with Crippen LogP contribution >= 0.6 is 0 Å². The van der Waals surface area contributed by atoms with Crippen molar-refractivity contribution in [1.82, 2.24) is 28.6 Å². The van der Waals surface area contributed by atoms with Crippen LogP contribution in [0.4, 0.5) is 5.69 Å². The number of nitrogens with zero attached hydrogens (tertiary/aromatic N) is 11. The second-order valence-electron chi connectivity index (χ2n) is 33.4. The SMILES string of the molecule is C1=CC2=CN3c4ccccc4CC3N2C=C1.C=C1Oc2ccccc2[C-]=C1c1ccccn1.CC(C)c1cccc(C(C)C)c1-n1cc[n+]2c1-c1ccccc1C2.[2H]c1c([2H])c([2H])c2c(c1[2H])C[n+]1c([2H])c([2H])c([2H])c([2H])c1-2.[Ir].[c-]1ccccc1-c1ccccn1.c1ccc2c(c1)C[n+]1c-2n(-c2cccc3ccccc23)c2ccccc21.c1ccc2c(c1)C[n+]1ccn(-c3cccc4ccccc34)c1-2. The van der Waals surface area contributed by atoms with E-state index >= 15 is 0 Å². The van der Waals surface area contributed by atoms with Gasteiger partial charge >= 0.3 is 0 Å². The van der Waals surface area contributed by atoms with Gasteiger partial charge in [-0.05, 0) is 119 Å². The molecule has 0 bridgehead atoms. The average molecular weight is 1890 g/mol. The van der Waals surface area contributed by atoms with Crippen LogP contribution in [-0.2, 0) is 52.7 Å². The molecule has 8 aliphatic heterocycles. The van der Waals surface area contributed by atoms with Crippen LogP contribution in [0.5, 0.6) is 5.75 Å². The molecule has 0 aliphatic carbocycles. The fourth-order valence-corrected chi connectivity index (χ4v) is 18.8. The van der Waals surface area contributed by atoms with Gasteiger partial charge in [0.25, 0.3) is 17.5 Å². The predicted octanol–water partition coefficient (Wildman–Crippen LogP) is 24.5. The van der Waals surface area contributed by atoms with Gasteiger partial charge in [0, 0.05) is 119 Å². The van der Waals surface area contributed by atoms with Crippen LogP contribution in [0.3, 0.4) is 0 Å². The quantitative estimate of drug-likeness (QED) is 0.117. The van der Waals surface area contributed by atoms with Crippen LogP contribution < -0.4 is 27.9 Å². The smallest absolute Gasteiger partial charge is 0.295 e. The summed E-state index contributed by atoms with van der Waals surface area (Å²) in [5.41, 5.74) is 26.7. The summed E-state index contributed by atoms with van der Waals surface area (Å²) < 4.78 is 83.8. The van der Waals surface area contributed by atoms with Gasteiger partial charge < -0.3 is 19.5 Å². The Labute approximate surface area is 790 Å². The van der Waals surface area contributed by atoms with Gasteiger partial charge in [-0.2, -0.15) is 18.3 Å². The third kappa shape index (κ3) is 16.4. The number of rotatable bonds is 7. The summed E-state index contributed by atoms with van der Waals surface area (Å²) in [5, 5.41) is 5.11. The summed E-state index contributed by atoms with van der Waals surface area (Å²) in [4.78, 5) is 13.2. The van der Waals surface area contributed by atoms with E-state index < -0.39 is 12.1 Å². The van der Waals surface area contributed by atoms with Crippen molar-refractivity contribution in [3.8, 4) is 79.5 Å². The van der Waals surface area contributed by atoms with Gasteiger partial charge in [-0.3, -0.25) is 4.98 Å². The Hall–Kier alpha value is -15.5. The van der Waals surface area contributed by atoms with Gasteiger partial charge in [0.1, 0.15) is 69.0 Å². The Morgan fingerprint density at radius 2 is 1.02 bits per heavy atom. The van der Waals surface area contributed by atoms with Gasteiger partial charge in [-0.15, -0.1) is 48.0 Å². The minimum atomic E-state index is -0.411. The van der Waals surface area contributed by atoms with E-state index in [1.54, 1.807) is 12.4 Å². The first-order valence-corrected chi connectivity index (χ1v) is 44.2. The molecule has 19 aromatic rings. The molecule has 0 saturated heterocycles. The Kier molecular flexibility index (Phi) is 21.1. The maximum absolute atomic E-state index is 7.98. The number of para-hydroxylation sites is 5. The Balaban J connectivity index is 0.000000101. The molecular weight excluding hydrogens is 1780 g/mol. The van der Waals surface area contributed by atoms with Gasteiger partial charge in [0.15, 0.2) is 23.8 Å². The molecule has 27 rings (SSSR count). The number of allylic oxidation sites excluding steroid dienone is 4. The number of aromatic nitrogens is 9. The maximum Gasteiger partial charge on any atom is 0.295 e. The number of benzene rings is 13. The molecule has 0 N–H and O–H groups in total. The van der Waals surface area contributed by atoms with Gasteiger partial charge in [0.05, 0.1) is 49.1 Å². The van der Waals surface area contributed by atoms with Crippen molar-refractivity contribution in [2.24, 2.45) is 0 Å². The number of anilines is 1. The van der Waals surface area contributed by atoms with Crippen molar-refractivity contribution >= 4 is 43.8 Å². The average Bonchev–Trinajstić information content (AvgIpc) is 1.57. The molecule has 1 unspecified atom stereocenters. The monoisotopic (exact) mass is 1880 g/mol. The number of ether oxygens (including phenoxy) is 1. The molecule has 1 radical (unpaired) electrons. The summed E-state index contributed by atoms with van der Waals surface area (Å²) in [7, 11) is 0. The van der Waals surface area contributed by atoms with Gasteiger partial charge in [0.2, 0.25) is 5.69 Å². The van der Waals surface area contributed by atoms with Gasteiger partial charge in [-0.1, -0.05) is 288 Å². The van der Waals surface area contributed by atoms with Crippen molar-refractivity contribution in [1.29, 1.82) is 0 Å². The van der Waals surface area contributed by atoms with E-state index in [1.807, 2.05) is 84.9 Å². The fraction of sp³-hybridized carbons (Fsp3) is 0.102. The van der Waals surface area contributed by atoms with E-state index in [1.165, 1.54) is 133 Å². The summed E-state index contributed by atoms with van der Waals surface area (Å²) in [6.45, 7) is 15.9. The number of hydrogen-bond donors (Lipinski definition) is 0. The molecule has 637 valence electrons. The zero-order chi connectivity index (χ0) is 94.5. The van der Waals surface area contributed by atoms with Crippen molar-refractivity contribution in [2.75, 3.05) is 4.90 Å². The van der Waals surface area contributed by atoms with Crippen LogP contribution in [0.25, 0.3) is 112 Å². The van der Waals surface area contributed by atoms with E-state index in [2.05, 4.69) is 373 Å². The summed E-state index contributed by atoms with van der Waals surface area (Å²) in [6, 6.07) is 109. The molecule has 1 atom stereocenters. The van der Waals surface area contributed by atoms with Crippen molar-refractivity contribution < 1.29 is 54.1 Å². The second kappa shape index (κ2) is 37.0. The molecule has 8 aliphatic rings. The summed E-state index contributed by atoms with van der Waals surface area (Å²) >= 11 is 0. The molecule has 13 aromatic carbocycles. The van der Waals surface area contributed by atoms with Gasteiger partial charge in [-0.25, -0.2) is 13.7 Å². The molecule has 0 saturated carbocycles. The number of fused-ring (bicyclic) bond motifs is 22. The standard InChI is InChI=1S/C24H17N2.C22H25N2.C20H15N2.C15H10NO.C14H12N2.C12H10N.C11H8N.Ir/c1-3-11-19-17(8-1)10-7-15-21(19)26-23-14-6-5-13-22(23)25-16-18-9-2-4-12-20(18)24(25)26;1-15(2)18-10-7-11-19(16(3)4)21(18)24-13-12-23-14-17-8-5-6-9-20(17)22(23)24;1-3-9-17-15(6-1)8-5-11-19(17)22-13-12-21-14-16-7-2-4-10-18(16)20(21)22;1-11-13(14-7-4-5-9-16-14)10-12-6-2-3-8-15(12)17-11;1-2-7-13-11(5-1)9-14-15-8-4-3-6-12(15)10-16(13)14;1-2-6-11-10(5-1)9-13-8-4-3-7-12(11)13;1-2-6-10(7-3-1)11-8-4-5-9-12-11;/h1-15H,16H2;5-13,15-16H,14H2,1-4H3;1-13H,14H2;2-9H,1H2;1-8,10,14H,9H2;1-8H,9H2;1-6,8-9H;/q3*+1;-1;;+1;-1;/i;;;;;1D,2D,3D,4D,5D,6D,7D,8D;;. The zero-order valence-corrected chi connectivity index (χ0v) is 75.3. The van der Waals surface area contributed by atoms with Crippen molar-refractivity contribution in [3.05, 3.63) is 506 Å². The third-order valence-electron chi connectivity index (χ3n) is 24.8. The van der Waals surface area contributed by atoms with Crippen molar-refractivity contribution in [2.45, 2.75) is 78.3 Å². The van der Waals surface area contributed by atoms with Crippen molar-refractivity contribution in [3.63, 3.8) is 0 Å². The van der Waals surface area contributed by atoms with Crippen LogP contribution in [0.1, 0.15) is 101 Å². The third-order valence-corrected chi connectivity index (χ3v) is 24.8. The number of imidazole rings is 3. The minimum absolute atomic E-state index is 0. The van der Waals surface area contributed by atoms with E-state index in [0.717, 1.165) is 59.9 Å². The van der Waals surface area contributed by atoms with Crippen LogP contribution in [-0.4, -0.2) is 34.7 Å². The van der Waals surface area contributed by atoms with Crippen LogP contribution in [0, 0.1) is 12.1 Å². The zero-order valence-electron chi connectivity index (χ0n) is 80.9. The van der Waals surface area contributed by atoms with E-state index in [4.69, 9.17) is 15.7 Å². The molecule has 131 heavy (non-hydrogen) atoms. The summed E-state index contributed by atoms with van der Waals surface area (Å²) in [6.07, 6.45) is 27.7. The topological polar surface area (TPSA) is 71.8 Å². The molecule has 12 nitrogen and oxygen atoms in total. The molecule has 6 aromatic heterocycles.